The summed E-state index contributed by atoms with van der Waals surface area (Å²) in [6.45, 7) is 4.10. The Morgan fingerprint density at radius 1 is 1.03 bits per heavy atom. The fourth-order valence-electron chi connectivity index (χ4n) is 3.39. The molecule has 0 spiro atoms. The third-order valence-electron chi connectivity index (χ3n) is 5.09. The first-order chi connectivity index (χ1) is 15.0. The highest BCUT2D eigenvalue weighted by Gasteiger charge is 2.13. The number of imidazole rings is 1. The maximum absolute atomic E-state index is 12.0. The van der Waals surface area contributed by atoms with Crippen molar-refractivity contribution >= 4 is 22.6 Å². The van der Waals surface area contributed by atoms with E-state index in [1.54, 1.807) is 43.2 Å². The quantitative estimate of drug-likeness (QED) is 0.410. The van der Waals surface area contributed by atoms with Crippen molar-refractivity contribution in [2.45, 2.75) is 20.4 Å². The van der Waals surface area contributed by atoms with E-state index in [1.165, 1.54) is 0 Å². The summed E-state index contributed by atoms with van der Waals surface area (Å²) in [7, 11) is 1.89. The van der Waals surface area contributed by atoms with E-state index in [0.717, 1.165) is 33.5 Å². The number of carbonyl (C=O) groups excluding carboxylic acids is 1. The summed E-state index contributed by atoms with van der Waals surface area (Å²) in [4.78, 5) is 20.9. The lowest BCUT2D eigenvalue weighted by Crippen LogP contribution is -2.15. The number of aryl methyl sites for hydroxylation is 1. The second-order valence-electron chi connectivity index (χ2n) is 7.75. The second-order valence-corrected chi connectivity index (χ2v) is 7.75. The Labute approximate surface area is 177 Å². The summed E-state index contributed by atoms with van der Waals surface area (Å²) in [6, 6.07) is 5.64. The van der Waals surface area contributed by atoms with Gasteiger partial charge in [-0.15, -0.1) is 0 Å². The molecule has 5 heterocycles. The van der Waals surface area contributed by atoms with E-state index in [4.69, 9.17) is 4.74 Å². The smallest absolute Gasteiger partial charge is 0.313 e. The van der Waals surface area contributed by atoms with E-state index in [1.807, 2.05) is 40.8 Å². The van der Waals surface area contributed by atoms with Crippen LogP contribution in [-0.2, 0) is 18.4 Å². The minimum absolute atomic E-state index is 0.199. The van der Waals surface area contributed by atoms with Gasteiger partial charge in [-0.3, -0.25) is 23.5 Å². The van der Waals surface area contributed by atoms with Gasteiger partial charge in [-0.2, -0.15) is 10.2 Å². The predicted octanol–water partition coefficient (Wildman–Crippen LogP) is 3.09. The van der Waals surface area contributed by atoms with Crippen LogP contribution >= 0.6 is 0 Å². The summed E-state index contributed by atoms with van der Waals surface area (Å²) < 4.78 is 11.0. The van der Waals surface area contributed by atoms with Crippen molar-refractivity contribution in [3.8, 4) is 16.9 Å². The monoisotopic (exact) mass is 415 g/mol. The molecule has 5 aromatic heterocycles. The zero-order valence-electron chi connectivity index (χ0n) is 17.4. The molecule has 5 rings (SSSR count). The summed E-state index contributed by atoms with van der Waals surface area (Å²) in [5.41, 5.74) is 5.38. The van der Waals surface area contributed by atoms with E-state index in [2.05, 4.69) is 26.2 Å². The lowest BCUT2D eigenvalue weighted by Gasteiger charge is -2.09. The highest BCUT2D eigenvalue weighted by Crippen LogP contribution is 2.23. The summed E-state index contributed by atoms with van der Waals surface area (Å²) in [6.07, 6.45) is 10.9. The Bertz CT molecular complexity index is 1410. The van der Waals surface area contributed by atoms with Crippen LogP contribution in [-0.4, -0.2) is 39.9 Å². The lowest BCUT2D eigenvalue weighted by molar-refractivity contribution is -0.137. The Morgan fingerprint density at radius 3 is 2.68 bits per heavy atom. The van der Waals surface area contributed by atoms with Crippen molar-refractivity contribution in [2.24, 2.45) is 13.0 Å². The summed E-state index contributed by atoms with van der Waals surface area (Å²) in [5.74, 6) is 0.0132. The molecule has 0 aliphatic carbocycles. The first-order valence-electron chi connectivity index (χ1n) is 9.96. The third kappa shape index (κ3) is 3.54. The number of nitrogens with zero attached hydrogens (tertiary/aromatic N) is 7. The minimum atomic E-state index is -0.270. The molecule has 0 unspecified atom stereocenters. The molecular weight excluding hydrogens is 394 g/mol. The molecular formula is C22H21N7O2. The summed E-state index contributed by atoms with van der Waals surface area (Å²) in [5, 5.41) is 8.75. The molecule has 0 radical (unpaired) electrons. The van der Waals surface area contributed by atoms with Crippen LogP contribution in [0.4, 0.5) is 0 Å². The molecule has 0 atom stereocenters. The standard InChI is InChI=1S/C22H21N7O2/c1-14(2)22(30)31-18-4-5-21-24-9-17(28(21)13-18)12-29-20-6-15(7-23-19(20)10-26-29)16-8-25-27(3)11-16/h4-11,13-14H,12H2,1-3H3. The van der Waals surface area contributed by atoms with Crippen molar-refractivity contribution in [1.29, 1.82) is 0 Å². The number of rotatable bonds is 5. The molecule has 0 aliphatic rings. The van der Waals surface area contributed by atoms with Crippen LogP contribution < -0.4 is 4.74 Å². The number of hydrogen-bond donors (Lipinski definition) is 0. The number of esters is 1. The molecule has 0 fully saturated rings. The predicted molar refractivity (Wildman–Crippen MR) is 114 cm³/mol. The largest absolute Gasteiger partial charge is 0.425 e. The van der Waals surface area contributed by atoms with Gasteiger partial charge < -0.3 is 4.74 Å². The fourth-order valence-corrected chi connectivity index (χ4v) is 3.39. The van der Waals surface area contributed by atoms with Crippen LogP contribution in [0.15, 0.2) is 55.4 Å². The first kappa shape index (κ1) is 19.0. The second kappa shape index (κ2) is 7.35. The van der Waals surface area contributed by atoms with Crippen LogP contribution in [0.2, 0.25) is 0 Å². The highest BCUT2D eigenvalue weighted by molar-refractivity contribution is 5.80. The molecule has 0 saturated carbocycles. The highest BCUT2D eigenvalue weighted by atomic mass is 16.5. The van der Waals surface area contributed by atoms with Crippen LogP contribution in [0.5, 0.6) is 5.75 Å². The maximum atomic E-state index is 12.0. The average molecular weight is 415 g/mol. The normalized spacial score (nSPS) is 11.6. The van der Waals surface area contributed by atoms with Crippen molar-refractivity contribution in [2.75, 3.05) is 0 Å². The van der Waals surface area contributed by atoms with Gasteiger partial charge in [0.15, 0.2) is 0 Å². The number of pyridine rings is 2. The van der Waals surface area contributed by atoms with Crippen molar-refractivity contribution in [3.63, 3.8) is 0 Å². The van der Waals surface area contributed by atoms with Gasteiger partial charge in [-0.1, -0.05) is 13.8 Å². The van der Waals surface area contributed by atoms with Gasteiger partial charge >= 0.3 is 5.97 Å². The van der Waals surface area contributed by atoms with E-state index in [0.29, 0.717) is 12.3 Å². The summed E-state index contributed by atoms with van der Waals surface area (Å²) >= 11 is 0. The van der Waals surface area contributed by atoms with E-state index in [9.17, 15) is 4.79 Å². The van der Waals surface area contributed by atoms with Crippen LogP contribution in [0.25, 0.3) is 27.8 Å². The first-order valence-corrected chi connectivity index (χ1v) is 9.96. The molecule has 0 aliphatic heterocycles. The zero-order valence-corrected chi connectivity index (χ0v) is 17.4. The minimum Gasteiger partial charge on any atom is -0.425 e. The Morgan fingerprint density at radius 2 is 1.90 bits per heavy atom. The fraction of sp³-hybridized carbons (Fsp3) is 0.227. The number of aromatic nitrogens is 7. The average Bonchev–Trinajstić information content (AvgIpc) is 3.47. The van der Waals surface area contributed by atoms with Gasteiger partial charge in [0.05, 0.1) is 48.5 Å². The van der Waals surface area contributed by atoms with Crippen molar-refractivity contribution < 1.29 is 9.53 Å². The molecule has 0 aromatic carbocycles. The van der Waals surface area contributed by atoms with Crippen molar-refractivity contribution in [1.82, 2.24) is 33.9 Å². The van der Waals surface area contributed by atoms with Gasteiger partial charge in [-0.25, -0.2) is 4.98 Å². The van der Waals surface area contributed by atoms with Crippen LogP contribution in [0.1, 0.15) is 19.5 Å². The molecule has 0 saturated heterocycles. The molecule has 0 bridgehead atoms. The topological polar surface area (TPSA) is 92.1 Å². The number of ether oxygens (including phenoxy) is 1. The van der Waals surface area contributed by atoms with Gasteiger partial charge in [-0.05, 0) is 18.2 Å². The van der Waals surface area contributed by atoms with E-state index in [-0.39, 0.29) is 11.9 Å². The third-order valence-corrected chi connectivity index (χ3v) is 5.09. The Kier molecular flexibility index (Phi) is 4.50. The van der Waals surface area contributed by atoms with Crippen LogP contribution in [0.3, 0.4) is 0 Å². The molecule has 0 amide bonds. The van der Waals surface area contributed by atoms with Gasteiger partial charge in [0.25, 0.3) is 0 Å². The molecule has 156 valence electrons. The zero-order chi connectivity index (χ0) is 21.5. The number of hydrogen-bond acceptors (Lipinski definition) is 6. The Balaban J connectivity index is 1.49. The van der Waals surface area contributed by atoms with E-state index < -0.39 is 0 Å². The molecule has 5 aromatic rings. The van der Waals surface area contributed by atoms with Gasteiger partial charge in [0.1, 0.15) is 16.9 Å². The van der Waals surface area contributed by atoms with Gasteiger partial charge in [0, 0.05) is 30.6 Å². The number of carbonyl (C=O) groups is 1. The number of fused-ring (bicyclic) bond motifs is 2. The maximum Gasteiger partial charge on any atom is 0.313 e. The molecule has 9 nitrogen and oxygen atoms in total. The lowest BCUT2D eigenvalue weighted by atomic mass is 10.1. The molecule has 31 heavy (non-hydrogen) atoms. The molecule has 0 N–H and O–H groups in total. The Hall–Kier alpha value is -4.01. The van der Waals surface area contributed by atoms with E-state index >= 15 is 0 Å². The van der Waals surface area contributed by atoms with Gasteiger partial charge in [0.2, 0.25) is 0 Å². The SMILES string of the molecule is CC(C)C(=O)Oc1ccc2ncc(Cn3ncc4ncc(-c5cnn(C)c5)cc43)n2c1. The van der Waals surface area contributed by atoms with Crippen molar-refractivity contribution in [3.05, 3.63) is 61.1 Å². The van der Waals surface area contributed by atoms with Crippen LogP contribution in [0, 0.1) is 5.92 Å². The molecule has 9 heteroatoms.